The lowest BCUT2D eigenvalue weighted by Crippen LogP contribution is -2.54. The van der Waals surface area contributed by atoms with Crippen molar-refractivity contribution in [2.75, 3.05) is 5.32 Å². The van der Waals surface area contributed by atoms with E-state index in [1.807, 2.05) is 38.1 Å². The summed E-state index contributed by atoms with van der Waals surface area (Å²) in [4.78, 5) is 71.6. The minimum Gasteiger partial charge on any atom is -0.326 e. The molecule has 0 bridgehead atoms. The Morgan fingerprint density at radius 1 is 1.09 bits per heavy atom. The number of pyridine rings is 1. The van der Waals surface area contributed by atoms with Crippen LogP contribution in [0.1, 0.15) is 52.5 Å². The molecule has 1 atom stereocenters. The van der Waals surface area contributed by atoms with Crippen LogP contribution in [0.25, 0.3) is 10.2 Å². The Labute approximate surface area is 202 Å². The topological polar surface area (TPSA) is 150 Å². The Morgan fingerprint density at radius 3 is 2.60 bits per heavy atom. The molecule has 12 heteroatoms. The van der Waals surface area contributed by atoms with Gasteiger partial charge < -0.3 is 5.32 Å². The normalized spacial score (nSPS) is 18.0. The van der Waals surface area contributed by atoms with Crippen molar-refractivity contribution in [2.24, 2.45) is 0 Å². The van der Waals surface area contributed by atoms with Gasteiger partial charge in [-0.2, -0.15) is 0 Å². The molecule has 3 aromatic rings. The molecule has 2 aliphatic heterocycles. The highest BCUT2D eigenvalue weighted by Crippen LogP contribution is 2.30. The number of imide groups is 2. The van der Waals surface area contributed by atoms with Crippen LogP contribution in [0.5, 0.6) is 0 Å². The van der Waals surface area contributed by atoms with Gasteiger partial charge in [-0.3, -0.25) is 34.7 Å². The third-order valence-electron chi connectivity index (χ3n) is 5.78. The first kappa shape index (κ1) is 22.6. The van der Waals surface area contributed by atoms with Gasteiger partial charge in [0.2, 0.25) is 11.8 Å². The van der Waals surface area contributed by atoms with Gasteiger partial charge in [0.05, 0.1) is 21.3 Å². The van der Waals surface area contributed by atoms with E-state index in [0.717, 1.165) is 20.1 Å². The van der Waals surface area contributed by atoms with Gasteiger partial charge in [0, 0.05) is 6.42 Å². The van der Waals surface area contributed by atoms with Crippen LogP contribution >= 0.6 is 11.3 Å². The number of amides is 6. The number of aromatic nitrogens is 2. The SMILES string of the molecule is CC(C)(NC(=O)Nc1ccc2c(n1)C(=O)N(C1CCC(=O)NC1=O)C2=O)c1nc2ccccc2s1. The molecule has 178 valence electrons. The molecule has 0 saturated carbocycles. The standard InChI is InChI=1S/C23H20N6O5S/c1-23(2,21-24-12-5-3-4-6-14(12)35-21)28-22(34)26-15-9-7-11-17(25-15)20(33)29(19(11)32)13-8-10-16(30)27-18(13)31/h3-7,9,13H,8,10H2,1-2H3,(H,27,30,31)(H2,25,26,28,34). The fraction of sp³-hybridized carbons (Fsp3) is 0.261. The monoisotopic (exact) mass is 492 g/mol. The molecule has 6 amide bonds. The van der Waals surface area contributed by atoms with Crippen LogP contribution in [0.15, 0.2) is 36.4 Å². The molecule has 1 saturated heterocycles. The van der Waals surface area contributed by atoms with Crippen molar-refractivity contribution in [3.05, 3.63) is 52.7 Å². The maximum Gasteiger partial charge on any atom is 0.321 e. The second kappa shape index (κ2) is 8.24. The zero-order valence-corrected chi connectivity index (χ0v) is 19.6. The number of hydrogen-bond donors (Lipinski definition) is 3. The molecule has 1 fully saturated rings. The molecule has 1 aromatic carbocycles. The molecule has 5 rings (SSSR count). The number of para-hydroxylation sites is 1. The predicted molar refractivity (Wildman–Crippen MR) is 126 cm³/mol. The van der Waals surface area contributed by atoms with E-state index in [9.17, 15) is 24.0 Å². The molecular weight excluding hydrogens is 472 g/mol. The minimum absolute atomic E-state index is 0.0225. The van der Waals surface area contributed by atoms with Crippen molar-refractivity contribution in [3.63, 3.8) is 0 Å². The fourth-order valence-corrected chi connectivity index (χ4v) is 5.06. The molecule has 2 aromatic heterocycles. The van der Waals surface area contributed by atoms with E-state index in [2.05, 4.69) is 25.9 Å². The largest absolute Gasteiger partial charge is 0.326 e. The van der Waals surface area contributed by atoms with Gasteiger partial charge >= 0.3 is 6.03 Å². The first-order chi connectivity index (χ1) is 16.6. The predicted octanol–water partition coefficient (Wildman–Crippen LogP) is 2.15. The number of thiazole rings is 1. The summed E-state index contributed by atoms with van der Waals surface area (Å²) in [5.41, 5.74) is -0.0889. The van der Waals surface area contributed by atoms with E-state index < -0.39 is 41.2 Å². The summed E-state index contributed by atoms with van der Waals surface area (Å²) in [5.74, 6) is -2.51. The molecule has 35 heavy (non-hydrogen) atoms. The highest BCUT2D eigenvalue weighted by molar-refractivity contribution is 7.18. The lowest BCUT2D eigenvalue weighted by Gasteiger charge is -2.27. The number of carbonyl (C=O) groups is 5. The fourth-order valence-electron chi connectivity index (χ4n) is 4.04. The summed E-state index contributed by atoms with van der Waals surface area (Å²) >= 11 is 1.47. The van der Waals surface area contributed by atoms with Crippen LogP contribution in [0, 0.1) is 0 Å². The molecule has 3 N–H and O–H groups in total. The van der Waals surface area contributed by atoms with Crippen LogP contribution in [0.3, 0.4) is 0 Å². The van der Waals surface area contributed by atoms with E-state index in [-0.39, 0.29) is 29.9 Å². The van der Waals surface area contributed by atoms with E-state index in [4.69, 9.17) is 0 Å². The van der Waals surface area contributed by atoms with Gasteiger partial charge in [-0.25, -0.2) is 14.8 Å². The Balaban J connectivity index is 1.31. The van der Waals surface area contributed by atoms with Crippen molar-refractivity contribution in [3.8, 4) is 0 Å². The van der Waals surface area contributed by atoms with Gasteiger partial charge in [0.1, 0.15) is 22.6 Å². The van der Waals surface area contributed by atoms with E-state index in [0.29, 0.717) is 0 Å². The van der Waals surface area contributed by atoms with Crippen LogP contribution in [0.4, 0.5) is 10.6 Å². The quantitative estimate of drug-likeness (QED) is 0.472. The second-order valence-corrected chi connectivity index (χ2v) is 9.76. The number of carbonyl (C=O) groups excluding carboxylic acids is 5. The Hall–Kier alpha value is -4.19. The zero-order valence-electron chi connectivity index (χ0n) is 18.7. The Bertz CT molecular complexity index is 1400. The Kier molecular flexibility index (Phi) is 5.32. The summed E-state index contributed by atoms with van der Waals surface area (Å²) in [6.07, 6.45) is 0.0686. The van der Waals surface area contributed by atoms with Crippen molar-refractivity contribution in [1.29, 1.82) is 0 Å². The molecular formula is C23H20N6O5S. The highest BCUT2D eigenvalue weighted by Gasteiger charge is 2.45. The van der Waals surface area contributed by atoms with Crippen LogP contribution in [0.2, 0.25) is 0 Å². The number of nitrogens with one attached hydrogen (secondary N) is 3. The first-order valence-electron chi connectivity index (χ1n) is 10.8. The van der Waals surface area contributed by atoms with Crippen LogP contribution in [-0.4, -0.2) is 50.6 Å². The van der Waals surface area contributed by atoms with Gasteiger partial charge in [-0.1, -0.05) is 12.1 Å². The van der Waals surface area contributed by atoms with E-state index in [1.165, 1.54) is 23.5 Å². The van der Waals surface area contributed by atoms with Crippen molar-refractivity contribution in [2.45, 2.75) is 38.3 Å². The average Bonchev–Trinajstić information content (AvgIpc) is 3.34. The molecule has 11 nitrogen and oxygen atoms in total. The number of anilines is 1. The van der Waals surface area contributed by atoms with E-state index in [1.54, 1.807) is 0 Å². The summed E-state index contributed by atoms with van der Waals surface area (Å²) in [5, 5.41) is 8.30. The number of urea groups is 1. The summed E-state index contributed by atoms with van der Waals surface area (Å²) in [6, 6.07) is 8.80. The van der Waals surface area contributed by atoms with Crippen LogP contribution in [-0.2, 0) is 15.1 Å². The number of piperidine rings is 1. The number of benzene rings is 1. The first-order valence-corrected chi connectivity index (χ1v) is 11.6. The molecule has 0 aliphatic carbocycles. The molecule has 4 heterocycles. The van der Waals surface area contributed by atoms with Crippen molar-refractivity contribution in [1.82, 2.24) is 25.5 Å². The van der Waals surface area contributed by atoms with Crippen LogP contribution < -0.4 is 16.0 Å². The number of nitrogens with zero attached hydrogens (tertiary/aromatic N) is 3. The second-order valence-electron chi connectivity index (χ2n) is 8.73. The smallest absolute Gasteiger partial charge is 0.321 e. The van der Waals surface area contributed by atoms with Gasteiger partial charge in [0.15, 0.2) is 0 Å². The third-order valence-corrected chi connectivity index (χ3v) is 7.14. The molecule has 0 spiro atoms. The lowest BCUT2D eigenvalue weighted by molar-refractivity contribution is -0.136. The zero-order chi connectivity index (χ0) is 24.9. The van der Waals surface area contributed by atoms with Gasteiger partial charge in [0.25, 0.3) is 11.8 Å². The Morgan fingerprint density at radius 2 is 1.86 bits per heavy atom. The summed E-state index contributed by atoms with van der Waals surface area (Å²) in [6.45, 7) is 3.64. The van der Waals surface area contributed by atoms with Crippen molar-refractivity contribution < 1.29 is 24.0 Å². The summed E-state index contributed by atoms with van der Waals surface area (Å²) < 4.78 is 1.00. The van der Waals surface area contributed by atoms with E-state index >= 15 is 0 Å². The van der Waals surface area contributed by atoms with Crippen molar-refractivity contribution >= 4 is 57.0 Å². The number of fused-ring (bicyclic) bond motifs is 2. The maximum atomic E-state index is 12.9. The molecule has 0 radical (unpaired) electrons. The minimum atomic E-state index is -1.09. The lowest BCUT2D eigenvalue weighted by atomic mass is 10.0. The molecule has 2 aliphatic rings. The van der Waals surface area contributed by atoms with Gasteiger partial charge in [-0.05, 0) is 44.5 Å². The summed E-state index contributed by atoms with van der Waals surface area (Å²) in [7, 11) is 0. The number of rotatable bonds is 4. The highest BCUT2D eigenvalue weighted by atomic mass is 32.1. The number of hydrogen-bond acceptors (Lipinski definition) is 8. The molecule has 1 unspecified atom stereocenters. The van der Waals surface area contributed by atoms with Gasteiger partial charge in [-0.15, -0.1) is 11.3 Å². The third kappa shape index (κ3) is 4.01. The average molecular weight is 493 g/mol. The maximum absolute atomic E-state index is 12.9.